The molecule has 1 saturated carbocycles. The molecular formula is C14H25NO2. The lowest BCUT2D eigenvalue weighted by Gasteiger charge is -2.36. The quantitative estimate of drug-likeness (QED) is 0.737. The number of ether oxygens (including phenoxy) is 1. The molecule has 0 radical (unpaired) electrons. The summed E-state index contributed by atoms with van der Waals surface area (Å²) in [7, 11) is 0. The maximum Gasteiger partial charge on any atom is 0.133 e. The molecule has 3 heteroatoms. The Hall–Kier alpha value is -0.410. The van der Waals surface area contributed by atoms with Gasteiger partial charge in [-0.05, 0) is 53.0 Å². The molecule has 3 nitrogen and oxygen atoms in total. The summed E-state index contributed by atoms with van der Waals surface area (Å²) in [4.78, 5) is 13.7. The first-order chi connectivity index (χ1) is 8.08. The lowest BCUT2D eigenvalue weighted by Crippen LogP contribution is -2.42. The molecule has 2 rings (SSSR count). The molecule has 2 fully saturated rings. The summed E-state index contributed by atoms with van der Waals surface area (Å²) in [6.07, 6.45) is 4.81. The van der Waals surface area contributed by atoms with Gasteiger partial charge in [0.25, 0.3) is 0 Å². The van der Waals surface area contributed by atoms with Gasteiger partial charge in [0.15, 0.2) is 0 Å². The third-order valence-corrected chi connectivity index (χ3v) is 4.28. The van der Waals surface area contributed by atoms with Crippen molar-refractivity contribution in [1.29, 1.82) is 0 Å². The van der Waals surface area contributed by atoms with Gasteiger partial charge < -0.3 is 4.74 Å². The van der Waals surface area contributed by atoms with E-state index >= 15 is 0 Å². The Morgan fingerprint density at radius 2 is 2.12 bits per heavy atom. The number of rotatable bonds is 5. The lowest BCUT2D eigenvalue weighted by molar-refractivity contribution is -0.130. The van der Waals surface area contributed by atoms with Crippen molar-refractivity contribution in [3.8, 4) is 0 Å². The van der Waals surface area contributed by atoms with E-state index in [1.165, 1.54) is 19.4 Å². The van der Waals surface area contributed by atoms with Crippen molar-refractivity contribution in [2.24, 2.45) is 5.92 Å². The van der Waals surface area contributed by atoms with Crippen LogP contribution in [-0.4, -0.2) is 42.0 Å². The fourth-order valence-corrected chi connectivity index (χ4v) is 3.00. The van der Waals surface area contributed by atoms with E-state index in [0.717, 1.165) is 19.4 Å². The summed E-state index contributed by atoms with van der Waals surface area (Å²) in [6.45, 7) is 8.28. The summed E-state index contributed by atoms with van der Waals surface area (Å²) in [5.74, 6) is 0.610. The van der Waals surface area contributed by atoms with Gasteiger partial charge in [-0.1, -0.05) is 0 Å². The Morgan fingerprint density at radius 1 is 1.41 bits per heavy atom. The number of ketones is 1. The zero-order valence-corrected chi connectivity index (χ0v) is 11.3. The highest BCUT2D eigenvalue weighted by molar-refractivity contribution is 5.79. The topological polar surface area (TPSA) is 29.5 Å². The number of carbonyl (C=O) groups excluding carboxylic acids is 1. The van der Waals surface area contributed by atoms with Gasteiger partial charge in [0.05, 0.1) is 12.7 Å². The Labute approximate surface area is 105 Å². The first kappa shape index (κ1) is 13.0. The minimum absolute atomic E-state index is 0.282. The smallest absolute Gasteiger partial charge is 0.133 e. The molecule has 0 N–H and O–H groups in total. The van der Waals surface area contributed by atoms with Gasteiger partial charge >= 0.3 is 0 Å². The van der Waals surface area contributed by atoms with Crippen LogP contribution in [0.2, 0.25) is 0 Å². The van der Waals surface area contributed by atoms with Crippen LogP contribution in [-0.2, 0) is 9.53 Å². The van der Waals surface area contributed by atoms with E-state index in [1.54, 1.807) is 6.92 Å². The number of nitrogens with zero attached hydrogens (tertiary/aromatic N) is 1. The molecule has 0 unspecified atom stereocenters. The van der Waals surface area contributed by atoms with Crippen LogP contribution in [0.3, 0.4) is 0 Å². The zero-order valence-electron chi connectivity index (χ0n) is 11.3. The largest absolute Gasteiger partial charge is 0.377 e. The summed E-state index contributed by atoms with van der Waals surface area (Å²) < 4.78 is 5.93. The molecule has 0 spiro atoms. The molecule has 0 aromatic carbocycles. The summed E-state index contributed by atoms with van der Waals surface area (Å²) in [5.41, 5.74) is 0. The molecule has 1 saturated heterocycles. The summed E-state index contributed by atoms with van der Waals surface area (Å²) in [5, 5.41) is 0. The van der Waals surface area contributed by atoms with Crippen molar-refractivity contribution < 1.29 is 9.53 Å². The van der Waals surface area contributed by atoms with Crippen LogP contribution in [0.1, 0.15) is 46.5 Å². The highest BCUT2D eigenvalue weighted by Gasteiger charge is 2.34. The highest BCUT2D eigenvalue weighted by atomic mass is 16.5. The molecule has 1 aliphatic carbocycles. The second-order valence-corrected chi connectivity index (χ2v) is 5.86. The molecule has 0 bridgehead atoms. The number of Topliss-reactive ketones (excluding diaryl/α,β-unsaturated/α-hetero) is 1. The number of hydrogen-bond acceptors (Lipinski definition) is 3. The minimum Gasteiger partial charge on any atom is -0.377 e. The Balaban J connectivity index is 1.67. The molecule has 2 aliphatic rings. The van der Waals surface area contributed by atoms with Crippen molar-refractivity contribution in [3.05, 3.63) is 0 Å². The van der Waals surface area contributed by atoms with Crippen LogP contribution >= 0.6 is 0 Å². The second kappa shape index (κ2) is 5.49. The van der Waals surface area contributed by atoms with E-state index in [9.17, 15) is 4.79 Å². The summed E-state index contributed by atoms with van der Waals surface area (Å²) in [6, 6.07) is 1.23. The van der Waals surface area contributed by atoms with Crippen molar-refractivity contribution in [2.45, 2.75) is 64.6 Å². The van der Waals surface area contributed by atoms with Crippen LogP contribution in [0.4, 0.5) is 0 Å². The van der Waals surface area contributed by atoms with Crippen molar-refractivity contribution in [2.75, 3.05) is 13.2 Å². The Bertz CT molecular complexity index is 271. The fourth-order valence-electron chi connectivity index (χ4n) is 3.00. The average Bonchev–Trinajstić information content (AvgIpc) is 2.62. The van der Waals surface area contributed by atoms with Gasteiger partial charge in [-0.25, -0.2) is 0 Å². The average molecular weight is 239 g/mol. The Kier molecular flexibility index (Phi) is 4.21. The second-order valence-electron chi connectivity index (χ2n) is 5.86. The molecule has 0 amide bonds. The summed E-state index contributed by atoms with van der Waals surface area (Å²) >= 11 is 0. The normalized spacial score (nSPS) is 34.0. The Morgan fingerprint density at radius 3 is 2.71 bits per heavy atom. The first-order valence-electron chi connectivity index (χ1n) is 6.95. The molecule has 1 aliphatic heterocycles. The van der Waals surface area contributed by atoms with Crippen molar-refractivity contribution in [1.82, 2.24) is 4.90 Å². The predicted octanol–water partition coefficient (Wildman–Crippen LogP) is 2.24. The molecule has 1 atom stereocenters. The molecular weight excluding hydrogens is 214 g/mol. The van der Waals surface area contributed by atoms with E-state index in [2.05, 4.69) is 18.7 Å². The third kappa shape index (κ3) is 3.08. The zero-order chi connectivity index (χ0) is 12.4. The maximum absolute atomic E-state index is 11.1. The van der Waals surface area contributed by atoms with E-state index in [0.29, 0.717) is 24.0 Å². The van der Waals surface area contributed by atoms with Gasteiger partial charge in [-0.3, -0.25) is 9.69 Å². The van der Waals surface area contributed by atoms with E-state index < -0.39 is 0 Å². The van der Waals surface area contributed by atoms with Crippen LogP contribution < -0.4 is 0 Å². The number of likely N-dealkylation sites (tertiary alicyclic amines) is 1. The van der Waals surface area contributed by atoms with E-state index in [1.807, 2.05) is 0 Å². The maximum atomic E-state index is 11.1. The SMILES string of the molecule is CC(=O)C1CC(OC[C@@H]2CCCN2C(C)C)C1. The first-order valence-corrected chi connectivity index (χ1v) is 6.95. The van der Waals surface area contributed by atoms with Crippen molar-refractivity contribution in [3.63, 3.8) is 0 Å². The van der Waals surface area contributed by atoms with Gasteiger partial charge in [0.2, 0.25) is 0 Å². The van der Waals surface area contributed by atoms with Gasteiger partial charge in [-0.2, -0.15) is 0 Å². The number of hydrogen-bond donors (Lipinski definition) is 0. The third-order valence-electron chi connectivity index (χ3n) is 4.28. The molecule has 1 heterocycles. The van der Waals surface area contributed by atoms with E-state index in [4.69, 9.17) is 4.74 Å². The van der Waals surface area contributed by atoms with Gasteiger partial charge in [0, 0.05) is 18.0 Å². The molecule has 0 aromatic heterocycles. The molecule has 17 heavy (non-hydrogen) atoms. The van der Waals surface area contributed by atoms with Gasteiger partial charge in [0.1, 0.15) is 5.78 Å². The minimum atomic E-state index is 0.282. The monoisotopic (exact) mass is 239 g/mol. The lowest BCUT2D eigenvalue weighted by atomic mass is 9.80. The fraction of sp³-hybridized carbons (Fsp3) is 0.929. The number of carbonyl (C=O) groups is 1. The van der Waals surface area contributed by atoms with Crippen LogP contribution in [0.15, 0.2) is 0 Å². The molecule has 98 valence electrons. The standard InChI is InChI=1S/C14H25NO2/c1-10(2)15-6-4-5-13(15)9-17-14-7-12(8-14)11(3)16/h10,12-14H,4-9H2,1-3H3/t12?,13-,14?/m0/s1. The highest BCUT2D eigenvalue weighted by Crippen LogP contribution is 2.31. The van der Waals surface area contributed by atoms with Crippen LogP contribution in [0.25, 0.3) is 0 Å². The predicted molar refractivity (Wildman–Crippen MR) is 68.0 cm³/mol. The molecule has 0 aromatic rings. The van der Waals surface area contributed by atoms with E-state index in [-0.39, 0.29) is 5.92 Å². The van der Waals surface area contributed by atoms with Crippen molar-refractivity contribution >= 4 is 5.78 Å². The van der Waals surface area contributed by atoms with Crippen LogP contribution in [0, 0.1) is 5.92 Å². The van der Waals surface area contributed by atoms with Gasteiger partial charge in [-0.15, -0.1) is 0 Å². The van der Waals surface area contributed by atoms with Crippen LogP contribution in [0.5, 0.6) is 0 Å².